The molecule has 0 saturated carbocycles. The highest BCUT2D eigenvalue weighted by Crippen LogP contribution is 2.18. The van der Waals surface area contributed by atoms with Gasteiger partial charge in [0, 0.05) is 71.2 Å². The maximum absolute atomic E-state index is 13.2. The van der Waals surface area contributed by atoms with Crippen LogP contribution in [0.1, 0.15) is 30.2 Å². The summed E-state index contributed by atoms with van der Waals surface area (Å²) in [4.78, 5) is 25.8. The smallest absolute Gasteiger partial charge is 0.275 e. The zero-order valence-corrected chi connectivity index (χ0v) is 21.3. The molecule has 1 aromatic heterocycles. The Kier molecular flexibility index (Phi) is 9.30. The van der Waals surface area contributed by atoms with Crippen LogP contribution in [0.15, 0.2) is 34.9 Å². The molecule has 10 heteroatoms. The number of carbonyl (C=O) groups is 1. The van der Waals surface area contributed by atoms with Crippen molar-refractivity contribution in [2.45, 2.75) is 26.5 Å². The number of carbonyl (C=O) groups excluding carboxylic acids is 1. The lowest BCUT2D eigenvalue weighted by atomic mass is 10.2. The number of ether oxygens (including phenoxy) is 1. The number of amides is 1. The van der Waals surface area contributed by atoms with Crippen LogP contribution in [0.5, 0.6) is 0 Å². The number of benzene rings is 1. The molecule has 4 rings (SSSR count). The molecule has 0 radical (unpaired) electrons. The van der Waals surface area contributed by atoms with Crippen molar-refractivity contribution in [3.05, 3.63) is 47.9 Å². The first kappa shape index (κ1) is 26.5. The normalized spacial score (nSPS) is 18.7. The molecule has 1 unspecified atom stereocenters. The fraction of sp³-hybridized carbons (Fsp3) is 0.615. The van der Waals surface area contributed by atoms with Gasteiger partial charge in [0.1, 0.15) is 12.1 Å². The Balaban J connectivity index is 1.18. The second kappa shape index (κ2) is 12.6. The van der Waals surface area contributed by atoms with Gasteiger partial charge in [-0.2, -0.15) is 0 Å². The summed E-state index contributed by atoms with van der Waals surface area (Å²) >= 11 is 0. The van der Waals surface area contributed by atoms with E-state index in [1.807, 2.05) is 0 Å². The Morgan fingerprint density at radius 3 is 2.36 bits per heavy atom. The summed E-state index contributed by atoms with van der Waals surface area (Å²) in [6.45, 7) is 12.3. The fourth-order valence-electron chi connectivity index (χ4n) is 4.58. The molecule has 0 aliphatic carbocycles. The Morgan fingerprint density at radius 1 is 1.03 bits per heavy atom. The van der Waals surface area contributed by atoms with Gasteiger partial charge in [-0.05, 0) is 30.2 Å². The van der Waals surface area contributed by atoms with Gasteiger partial charge in [0.25, 0.3) is 5.91 Å². The van der Waals surface area contributed by atoms with Gasteiger partial charge in [0.05, 0.1) is 19.3 Å². The number of anilines is 1. The Hall–Kier alpha value is -2.53. The van der Waals surface area contributed by atoms with Crippen LogP contribution in [0.3, 0.4) is 0 Å². The van der Waals surface area contributed by atoms with Crippen LogP contribution in [0.25, 0.3) is 0 Å². The molecule has 2 aromatic rings. The van der Waals surface area contributed by atoms with Crippen molar-refractivity contribution in [1.29, 1.82) is 0 Å². The van der Waals surface area contributed by atoms with E-state index in [-0.39, 0.29) is 11.7 Å². The highest BCUT2D eigenvalue weighted by atomic mass is 19.1. The van der Waals surface area contributed by atoms with Gasteiger partial charge in [-0.3, -0.25) is 14.6 Å². The highest BCUT2D eigenvalue weighted by Gasteiger charge is 2.26. The van der Waals surface area contributed by atoms with E-state index in [4.69, 9.17) is 9.15 Å². The molecular formula is C26H38FN5O4. The second-order valence-corrected chi connectivity index (χ2v) is 10.0. The van der Waals surface area contributed by atoms with Crippen LogP contribution in [0.4, 0.5) is 10.1 Å². The molecule has 2 saturated heterocycles. The summed E-state index contributed by atoms with van der Waals surface area (Å²) in [7, 11) is 0. The second-order valence-electron chi connectivity index (χ2n) is 10.0. The van der Waals surface area contributed by atoms with E-state index in [2.05, 4.69) is 33.5 Å². The zero-order valence-electron chi connectivity index (χ0n) is 21.3. The lowest BCUT2D eigenvalue weighted by Crippen LogP contribution is -2.49. The molecule has 1 N–H and O–H groups in total. The van der Waals surface area contributed by atoms with Gasteiger partial charge >= 0.3 is 0 Å². The van der Waals surface area contributed by atoms with Gasteiger partial charge in [-0.25, -0.2) is 9.37 Å². The predicted octanol–water partition coefficient (Wildman–Crippen LogP) is 1.93. The van der Waals surface area contributed by atoms with E-state index in [1.165, 1.54) is 18.4 Å². The molecule has 1 amide bonds. The predicted molar refractivity (Wildman–Crippen MR) is 134 cm³/mol. The molecule has 1 atom stereocenters. The van der Waals surface area contributed by atoms with E-state index in [1.54, 1.807) is 17.0 Å². The zero-order chi connectivity index (χ0) is 25.5. The summed E-state index contributed by atoms with van der Waals surface area (Å²) in [5, 5.41) is 10.2. The number of β-amino-alcohol motifs (C(OH)–C–C–N with tert-alkyl or cyclic N) is 1. The van der Waals surface area contributed by atoms with Crippen molar-refractivity contribution in [1.82, 2.24) is 19.7 Å². The maximum Gasteiger partial charge on any atom is 0.275 e. The van der Waals surface area contributed by atoms with Crippen molar-refractivity contribution >= 4 is 11.6 Å². The van der Waals surface area contributed by atoms with Crippen molar-refractivity contribution in [2.24, 2.45) is 5.92 Å². The average molecular weight is 504 g/mol. The number of hydrogen-bond donors (Lipinski definition) is 1. The first-order valence-electron chi connectivity index (χ1n) is 12.8. The van der Waals surface area contributed by atoms with Gasteiger partial charge in [-0.1, -0.05) is 13.8 Å². The SMILES string of the molecule is CC(C)COCC(O)CN1CCN(Cc2nc(C(=O)N3CCN(c4ccc(F)cc4)CC3)co2)CC1. The third kappa shape index (κ3) is 7.49. The van der Waals surface area contributed by atoms with Crippen LogP contribution in [0.2, 0.25) is 0 Å². The van der Waals surface area contributed by atoms with Gasteiger partial charge in [0.15, 0.2) is 5.69 Å². The van der Waals surface area contributed by atoms with E-state index in [0.717, 1.165) is 31.9 Å². The number of aromatic nitrogens is 1. The molecule has 2 aliphatic heterocycles. The number of aliphatic hydroxyl groups is 1. The summed E-state index contributed by atoms with van der Waals surface area (Å²) in [6, 6.07) is 6.44. The molecule has 198 valence electrons. The van der Waals surface area contributed by atoms with Crippen LogP contribution in [-0.2, 0) is 11.3 Å². The van der Waals surface area contributed by atoms with Crippen LogP contribution in [0, 0.1) is 11.7 Å². The van der Waals surface area contributed by atoms with E-state index in [0.29, 0.717) is 70.0 Å². The van der Waals surface area contributed by atoms with Gasteiger partial charge < -0.3 is 24.1 Å². The van der Waals surface area contributed by atoms with Crippen molar-refractivity contribution in [3.8, 4) is 0 Å². The van der Waals surface area contributed by atoms with Crippen LogP contribution >= 0.6 is 0 Å². The summed E-state index contributed by atoms with van der Waals surface area (Å²) in [5.41, 5.74) is 1.30. The number of nitrogens with zero attached hydrogens (tertiary/aromatic N) is 5. The first-order valence-corrected chi connectivity index (χ1v) is 12.8. The Bertz CT molecular complexity index is 953. The van der Waals surface area contributed by atoms with E-state index < -0.39 is 6.10 Å². The topological polar surface area (TPSA) is 85.5 Å². The number of oxazole rings is 1. The Morgan fingerprint density at radius 2 is 1.69 bits per heavy atom. The third-order valence-electron chi connectivity index (χ3n) is 6.58. The van der Waals surface area contributed by atoms with Crippen molar-refractivity contribution in [3.63, 3.8) is 0 Å². The number of hydrogen-bond acceptors (Lipinski definition) is 8. The lowest BCUT2D eigenvalue weighted by Gasteiger charge is -2.35. The quantitative estimate of drug-likeness (QED) is 0.527. The Labute approximate surface area is 212 Å². The summed E-state index contributed by atoms with van der Waals surface area (Å²) in [5.74, 6) is 0.628. The molecule has 2 aliphatic rings. The largest absolute Gasteiger partial charge is 0.447 e. The molecule has 0 bridgehead atoms. The number of aliphatic hydroxyl groups excluding tert-OH is 1. The van der Waals surface area contributed by atoms with Crippen molar-refractivity contribution < 1.29 is 23.4 Å². The maximum atomic E-state index is 13.2. The molecule has 2 fully saturated rings. The molecule has 3 heterocycles. The fourth-order valence-corrected chi connectivity index (χ4v) is 4.58. The number of halogens is 1. The minimum absolute atomic E-state index is 0.123. The van der Waals surface area contributed by atoms with Gasteiger partial charge in [-0.15, -0.1) is 0 Å². The molecule has 9 nitrogen and oxygen atoms in total. The number of rotatable bonds is 10. The molecular weight excluding hydrogens is 465 g/mol. The summed E-state index contributed by atoms with van der Waals surface area (Å²) in [6.07, 6.45) is 0.974. The molecule has 0 spiro atoms. The van der Waals surface area contributed by atoms with E-state index in [9.17, 15) is 14.3 Å². The molecule has 36 heavy (non-hydrogen) atoms. The van der Waals surface area contributed by atoms with Crippen molar-refractivity contribution in [2.75, 3.05) is 77.0 Å². The highest BCUT2D eigenvalue weighted by molar-refractivity contribution is 5.92. The average Bonchev–Trinajstić information content (AvgIpc) is 3.33. The van der Waals surface area contributed by atoms with E-state index >= 15 is 0 Å². The first-order chi connectivity index (χ1) is 17.4. The monoisotopic (exact) mass is 503 g/mol. The lowest BCUT2D eigenvalue weighted by molar-refractivity contribution is -0.000850. The standard InChI is InChI=1S/C26H38FN5O4/c1-20(2)17-35-18-23(33)15-29-7-9-30(10-8-29)16-25-28-24(19-36-25)26(34)32-13-11-31(12-14-32)22-5-3-21(27)4-6-22/h3-6,19-20,23,33H,7-18H2,1-2H3. The van der Waals surface area contributed by atoms with Crippen LogP contribution in [-0.4, -0.2) is 109 Å². The van der Waals surface area contributed by atoms with Crippen LogP contribution < -0.4 is 4.90 Å². The third-order valence-corrected chi connectivity index (χ3v) is 6.58. The minimum Gasteiger partial charge on any atom is -0.447 e. The van der Waals surface area contributed by atoms with Gasteiger partial charge in [0.2, 0.25) is 5.89 Å². The number of piperazine rings is 2. The molecule has 1 aromatic carbocycles. The minimum atomic E-state index is -0.479. The summed E-state index contributed by atoms with van der Waals surface area (Å²) < 4.78 is 24.3.